The molecule has 2 aliphatic rings. The second-order valence-electron chi connectivity index (χ2n) is 10.2. The molecule has 2 saturated heterocycles. The van der Waals surface area contributed by atoms with Crippen molar-refractivity contribution in [3.8, 4) is 17.0 Å². The number of nitrogens with one attached hydrogen (secondary N) is 1. The molecule has 0 bridgehead atoms. The van der Waals surface area contributed by atoms with Gasteiger partial charge in [0.05, 0.1) is 22.3 Å². The zero-order valence-corrected chi connectivity index (χ0v) is 22.2. The van der Waals surface area contributed by atoms with E-state index in [4.69, 9.17) is 9.72 Å². The molecule has 9 heteroatoms. The fourth-order valence-corrected chi connectivity index (χ4v) is 5.38. The summed E-state index contributed by atoms with van der Waals surface area (Å²) < 4.78 is 5.96. The third kappa shape index (κ3) is 5.08. The number of nitrogens with zero attached hydrogens (tertiary/aromatic N) is 5. The molecule has 7 rings (SSSR count). The van der Waals surface area contributed by atoms with Crippen molar-refractivity contribution in [1.29, 1.82) is 0 Å². The molecule has 204 valence electrons. The lowest BCUT2D eigenvalue weighted by Gasteiger charge is -2.34. The normalized spacial score (nSPS) is 19.2. The van der Waals surface area contributed by atoms with Gasteiger partial charge in [-0.2, -0.15) is 5.10 Å². The SMILES string of the molecule is O=C(c1cc(-c2ccc(O)cc2)nc2n[nH]c(/C=C/c3ccccc3)c12)N1CCN(C2OC2c2cccnc2)CC1. The number of H-pyrrole nitrogens is 1. The summed E-state index contributed by atoms with van der Waals surface area (Å²) >= 11 is 0. The minimum Gasteiger partial charge on any atom is -0.508 e. The van der Waals surface area contributed by atoms with Crippen LogP contribution in [0.2, 0.25) is 0 Å². The van der Waals surface area contributed by atoms with E-state index in [1.54, 1.807) is 30.5 Å². The van der Waals surface area contributed by atoms with Gasteiger partial charge in [0.25, 0.3) is 5.91 Å². The summed E-state index contributed by atoms with van der Waals surface area (Å²) in [5.74, 6) is 0.107. The Morgan fingerprint density at radius 3 is 2.54 bits per heavy atom. The average molecular weight is 545 g/mol. The van der Waals surface area contributed by atoms with Crippen LogP contribution < -0.4 is 0 Å². The maximum Gasteiger partial charge on any atom is 0.254 e. The second kappa shape index (κ2) is 10.6. The van der Waals surface area contributed by atoms with E-state index in [0.717, 1.165) is 35.5 Å². The number of benzene rings is 2. The molecule has 41 heavy (non-hydrogen) atoms. The van der Waals surface area contributed by atoms with Crippen molar-refractivity contribution >= 4 is 29.1 Å². The minimum atomic E-state index is -0.0617. The number of phenols is 1. The number of hydrogen-bond donors (Lipinski definition) is 2. The Balaban J connectivity index is 1.17. The van der Waals surface area contributed by atoms with Crippen molar-refractivity contribution in [3.05, 3.63) is 108 Å². The standard InChI is InChI=1S/C32H28N6O3/c39-24-11-9-22(10-12-24)27-19-25(28-26(35-36-30(28)34-27)13-8-21-5-2-1-3-6-21)31(40)37-15-17-38(18-16-37)32-29(41-32)23-7-4-14-33-20-23/h1-14,19-20,29,32,39H,15-18H2,(H,34,35,36)/b13-8+. The van der Waals surface area contributed by atoms with Crippen LogP contribution in [0.5, 0.6) is 5.75 Å². The number of carbonyl (C=O) groups is 1. The predicted molar refractivity (Wildman–Crippen MR) is 156 cm³/mol. The number of pyridine rings is 2. The van der Waals surface area contributed by atoms with E-state index in [2.05, 4.69) is 20.1 Å². The summed E-state index contributed by atoms with van der Waals surface area (Å²) in [6.45, 7) is 2.62. The molecular formula is C32H28N6O3. The Morgan fingerprint density at radius 1 is 0.976 bits per heavy atom. The van der Waals surface area contributed by atoms with Crippen LogP contribution in [0.3, 0.4) is 0 Å². The van der Waals surface area contributed by atoms with E-state index >= 15 is 0 Å². The Hall–Kier alpha value is -4.86. The van der Waals surface area contributed by atoms with Crippen molar-refractivity contribution in [2.75, 3.05) is 26.2 Å². The molecule has 0 saturated carbocycles. The molecule has 2 aromatic carbocycles. The number of amides is 1. The van der Waals surface area contributed by atoms with Crippen LogP contribution in [0.25, 0.3) is 34.4 Å². The van der Waals surface area contributed by atoms with Gasteiger partial charge in [0.2, 0.25) is 0 Å². The number of hydrogen-bond acceptors (Lipinski definition) is 7. The van der Waals surface area contributed by atoms with Crippen LogP contribution in [-0.4, -0.2) is 73.4 Å². The number of aromatic amines is 1. The molecule has 1 amide bonds. The number of rotatable bonds is 6. The summed E-state index contributed by atoms with van der Waals surface area (Å²) in [7, 11) is 0. The van der Waals surface area contributed by atoms with E-state index in [1.807, 2.05) is 71.8 Å². The Kier molecular flexibility index (Phi) is 6.50. The van der Waals surface area contributed by atoms with Crippen LogP contribution in [0.4, 0.5) is 0 Å². The molecule has 0 radical (unpaired) electrons. The predicted octanol–water partition coefficient (Wildman–Crippen LogP) is 4.75. The first-order valence-electron chi connectivity index (χ1n) is 13.6. The molecule has 5 aromatic rings. The molecule has 3 aromatic heterocycles. The number of carbonyl (C=O) groups excluding carboxylic acids is 1. The number of fused-ring (bicyclic) bond motifs is 1. The van der Waals surface area contributed by atoms with Crippen molar-refractivity contribution in [1.82, 2.24) is 30.0 Å². The van der Waals surface area contributed by atoms with E-state index < -0.39 is 0 Å². The van der Waals surface area contributed by atoms with Gasteiger partial charge in [-0.25, -0.2) is 4.98 Å². The van der Waals surface area contributed by atoms with Crippen LogP contribution >= 0.6 is 0 Å². The zero-order valence-electron chi connectivity index (χ0n) is 22.2. The molecule has 2 N–H and O–H groups in total. The number of aromatic nitrogens is 4. The van der Waals surface area contributed by atoms with Crippen molar-refractivity contribution < 1.29 is 14.6 Å². The molecule has 2 atom stereocenters. The summed E-state index contributed by atoms with van der Waals surface area (Å²) in [5.41, 5.74) is 5.27. The summed E-state index contributed by atoms with van der Waals surface area (Å²) in [5, 5.41) is 18.0. The molecule has 0 aliphatic carbocycles. The highest BCUT2D eigenvalue weighted by Gasteiger charge is 2.45. The highest BCUT2D eigenvalue weighted by Crippen LogP contribution is 2.41. The molecule has 2 aliphatic heterocycles. The Labute approximate surface area is 236 Å². The first kappa shape index (κ1) is 25.1. The lowest BCUT2D eigenvalue weighted by molar-refractivity contribution is 0.0562. The fraction of sp³-hybridized carbons (Fsp3) is 0.188. The van der Waals surface area contributed by atoms with E-state index in [-0.39, 0.29) is 24.0 Å². The van der Waals surface area contributed by atoms with Crippen LogP contribution in [-0.2, 0) is 4.74 Å². The van der Waals surface area contributed by atoms with Crippen molar-refractivity contribution in [3.63, 3.8) is 0 Å². The highest BCUT2D eigenvalue weighted by atomic mass is 16.6. The number of epoxide rings is 1. The third-order valence-electron chi connectivity index (χ3n) is 7.63. The fourth-order valence-electron chi connectivity index (χ4n) is 5.38. The lowest BCUT2D eigenvalue weighted by Crippen LogP contribution is -2.49. The van der Waals surface area contributed by atoms with E-state index in [9.17, 15) is 9.90 Å². The second-order valence-corrected chi connectivity index (χ2v) is 10.2. The monoisotopic (exact) mass is 544 g/mol. The quantitative estimate of drug-likeness (QED) is 0.297. The first-order chi connectivity index (χ1) is 20.1. The van der Waals surface area contributed by atoms with Gasteiger partial charge >= 0.3 is 0 Å². The topological polar surface area (TPSA) is 111 Å². The average Bonchev–Trinajstić information content (AvgIpc) is 3.73. The molecular weight excluding hydrogens is 516 g/mol. The van der Waals surface area contributed by atoms with Crippen LogP contribution in [0.15, 0.2) is 85.2 Å². The summed E-state index contributed by atoms with van der Waals surface area (Å²) in [6.07, 6.45) is 7.58. The Morgan fingerprint density at radius 2 is 1.78 bits per heavy atom. The van der Waals surface area contributed by atoms with E-state index in [0.29, 0.717) is 35.4 Å². The lowest BCUT2D eigenvalue weighted by atomic mass is 10.0. The molecule has 9 nitrogen and oxygen atoms in total. The highest BCUT2D eigenvalue weighted by molar-refractivity contribution is 6.09. The van der Waals surface area contributed by atoms with Gasteiger partial charge in [-0.05, 0) is 48.0 Å². The van der Waals surface area contributed by atoms with Gasteiger partial charge in [0.15, 0.2) is 5.65 Å². The smallest absolute Gasteiger partial charge is 0.254 e. The zero-order chi connectivity index (χ0) is 27.8. The number of piperazine rings is 1. The minimum absolute atomic E-state index is 0.0220. The van der Waals surface area contributed by atoms with E-state index in [1.165, 1.54) is 0 Å². The van der Waals surface area contributed by atoms with Gasteiger partial charge in [0, 0.05) is 49.7 Å². The summed E-state index contributed by atoms with van der Waals surface area (Å²) in [4.78, 5) is 27.2. The summed E-state index contributed by atoms with van der Waals surface area (Å²) in [6, 6.07) is 22.6. The van der Waals surface area contributed by atoms with Crippen LogP contribution in [0.1, 0.15) is 33.3 Å². The maximum atomic E-state index is 14.1. The number of aromatic hydroxyl groups is 1. The molecule has 5 heterocycles. The molecule has 2 fully saturated rings. The van der Waals surface area contributed by atoms with Gasteiger partial charge in [-0.3, -0.25) is 19.8 Å². The Bertz CT molecular complexity index is 1710. The van der Waals surface area contributed by atoms with Crippen molar-refractivity contribution in [2.45, 2.75) is 12.3 Å². The van der Waals surface area contributed by atoms with Gasteiger partial charge in [-0.1, -0.05) is 42.5 Å². The number of phenolic OH excluding ortho intramolecular Hbond substituents is 1. The van der Waals surface area contributed by atoms with Gasteiger partial charge < -0.3 is 14.7 Å². The third-order valence-corrected chi connectivity index (χ3v) is 7.63. The first-order valence-corrected chi connectivity index (χ1v) is 13.6. The van der Waals surface area contributed by atoms with Gasteiger partial charge in [-0.15, -0.1) is 0 Å². The van der Waals surface area contributed by atoms with Crippen LogP contribution in [0, 0.1) is 0 Å². The largest absolute Gasteiger partial charge is 0.508 e. The van der Waals surface area contributed by atoms with Gasteiger partial charge in [0.1, 0.15) is 18.1 Å². The molecule has 0 spiro atoms. The van der Waals surface area contributed by atoms with Crippen molar-refractivity contribution in [2.24, 2.45) is 0 Å². The molecule has 2 unspecified atom stereocenters. The maximum absolute atomic E-state index is 14.1. The number of ether oxygens (including phenoxy) is 1.